The van der Waals surface area contributed by atoms with E-state index in [0.29, 0.717) is 29.3 Å². The number of benzene rings is 2. The van der Waals surface area contributed by atoms with Crippen LogP contribution in [0.5, 0.6) is 5.75 Å². The lowest BCUT2D eigenvalue weighted by molar-refractivity contribution is -0.136. The van der Waals surface area contributed by atoms with E-state index in [-0.39, 0.29) is 36.1 Å². The van der Waals surface area contributed by atoms with Gasteiger partial charge < -0.3 is 24.1 Å². The lowest BCUT2D eigenvalue weighted by atomic mass is 10.0. The Balaban J connectivity index is 1.45. The number of esters is 1. The fraction of sp³-hybridized carbons (Fsp3) is 0.179. The molecular weight excluding hydrogens is 460 g/mol. The average molecular weight is 487 g/mol. The number of methoxy groups -OCH3 is 1. The smallest absolute Gasteiger partial charge is 0.340 e. The highest BCUT2D eigenvalue weighted by molar-refractivity contribution is 6.16. The Morgan fingerprint density at radius 2 is 1.78 bits per heavy atom. The van der Waals surface area contributed by atoms with Crippen molar-refractivity contribution in [2.45, 2.75) is 20.0 Å². The van der Waals surface area contributed by atoms with E-state index >= 15 is 0 Å². The Hall–Kier alpha value is -4.59. The van der Waals surface area contributed by atoms with E-state index in [1.54, 1.807) is 60.6 Å². The Morgan fingerprint density at radius 1 is 1.03 bits per heavy atom. The summed E-state index contributed by atoms with van der Waals surface area (Å²) in [5.74, 6) is 0.0262. The zero-order chi connectivity index (χ0) is 25.5. The normalized spacial score (nSPS) is 14.3. The molecule has 3 aromatic rings. The summed E-state index contributed by atoms with van der Waals surface area (Å²) in [5, 5.41) is 2.71. The summed E-state index contributed by atoms with van der Waals surface area (Å²) in [6, 6.07) is 20.0. The molecule has 0 atom stereocenters. The Morgan fingerprint density at radius 3 is 2.44 bits per heavy atom. The molecule has 0 aliphatic carbocycles. The summed E-state index contributed by atoms with van der Waals surface area (Å²) >= 11 is 0. The Labute approximate surface area is 208 Å². The summed E-state index contributed by atoms with van der Waals surface area (Å²) in [4.78, 5) is 39.4. The van der Waals surface area contributed by atoms with Gasteiger partial charge in [0.2, 0.25) is 0 Å². The van der Waals surface area contributed by atoms with Crippen LogP contribution in [0.4, 0.5) is 0 Å². The number of amides is 2. The minimum Gasteiger partial charge on any atom is -0.484 e. The first-order chi connectivity index (χ1) is 17.5. The molecule has 2 aromatic carbocycles. The molecule has 0 unspecified atom stereocenters. The van der Waals surface area contributed by atoms with Crippen LogP contribution in [0, 0.1) is 0 Å². The van der Waals surface area contributed by atoms with Gasteiger partial charge in [-0.1, -0.05) is 42.5 Å². The number of furan rings is 1. The van der Waals surface area contributed by atoms with Gasteiger partial charge in [0, 0.05) is 5.70 Å². The second-order valence-electron chi connectivity index (χ2n) is 8.10. The third kappa shape index (κ3) is 5.72. The molecular formula is C28H26N2O6. The molecule has 8 nitrogen and oxygen atoms in total. The fourth-order valence-electron chi connectivity index (χ4n) is 3.81. The van der Waals surface area contributed by atoms with Crippen molar-refractivity contribution >= 4 is 23.9 Å². The number of nitrogens with zero attached hydrogens (tertiary/aromatic N) is 1. The summed E-state index contributed by atoms with van der Waals surface area (Å²) in [7, 11) is 1.29. The monoisotopic (exact) mass is 486 g/mol. The molecule has 2 heterocycles. The molecule has 1 N–H and O–H groups in total. The van der Waals surface area contributed by atoms with Crippen LogP contribution < -0.4 is 10.1 Å². The van der Waals surface area contributed by atoms with Gasteiger partial charge in [-0.2, -0.15) is 0 Å². The lowest BCUT2D eigenvalue weighted by Gasteiger charge is -2.17. The highest BCUT2D eigenvalue weighted by Gasteiger charge is 2.36. The van der Waals surface area contributed by atoms with Gasteiger partial charge in [-0.25, -0.2) is 4.79 Å². The predicted octanol–water partition coefficient (Wildman–Crippen LogP) is 3.85. The molecule has 1 aliphatic rings. The van der Waals surface area contributed by atoms with Gasteiger partial charge in [-0.05, 0) is 48.4 Å². The molecule has 184 valence electrons. The van der Waals surface area contributed by atoms with Crippen LogP contribution in [0.1, 0.15) is 23.8 Å². The van der Waals surface area contributed by atoms with Gasteiger partial charge >= 0.3 is 5.97 Å². The maximum Gasteiger partial charge on any atom is 0.340 e. The molecule has 0 bridgehead atoms. The molecule has 0 saturated heterocycles. The zero-order valence-electron chi connectivity index (χ0n) is 20.0. The van der Waals surface area contributed by atoms with Crippen LogP contribution in [0.15, 0.2) is 94.3 Å². The molecule has 0 spiro atoms. The molecule has 36 heavy (non-hydrogen) atoms. The van der Waals surface area contributed by atoms with Crippen molar-refractivity contribution in [2.24, 2.45) is 0 Å². The maximum atomic E-state index is 13.3. The number of carbonyl (C=O) groups is 3. The average Bonchev–Trinajstić information content (AvgIpc) is 3.50. The molecule has 1 aromatic heterocycles. The summed E-state index contributed by atoms with van der Waals surface area (Å²) in [6.45, 7) is 2.22. The van der Waals surface area contributed by atoms with Crippen molar-refractivity contribution in [1.29, 1.82) is 0 Å². The van der Waals surface area contributed by atoms with Crippen LogP contribution in [-0.2, 0) is 32.2 Å². The second kappa shape index (κ2) is 11.2. The predicted molar refractivity (Wildman–Crippen MR) is 132 cm³/mol. The Bertz CT molecular complexity index is 1290. The fourth-order valence-corrected chi connectivity index (χ4v) is 3.81. The van der Waals surface area contributed by atoms with Crippen molar-refractivity contribution in [2.75, 3.05) is 13.7 Å². The highest BCUT2D eigenvalue weighted by Crippen LogP contribution is 2.33. The molecule has 0 fully saturated rings. The maximum absolute atomic E-state index is 13.3. The topological polar surface area (TPSA) is 98.1 Å². The van der Waals surface area contributed by atoms with E-state index in [2.05, 4.69) is 5.32 Å². The highest BCUT2D eigenvalue weighted by atomic mass is 16.5. The van der Waals surface area contributed by atoms with Crippen LogP contribution in [0.25, 0.3) is 6.08 Å². The van der Waals surface area contributed by atoms with E-state index < -0.39 is 5.97 Å². The van der Waals surface area contributed by atoms with Gasteiger partial charge in [-0.3, -0.25) is 9.59 Å². The van der Waals surface area contributed by atoms with Crippen molar-refractivity contribution in [3.63, 3.8) is 0 Å². The van der Waals surface area contributed by atoms with Crippen molar-refractivity contribution in [3.05, 3.63) is 107 Å². The van der Waals surface area contributed by atoms with Crippen molar-refractivity contribution in [3.8, 4) is 5.75 Å². The molecule has 2 amide bonds. The Kier molecular flexibility index (Phi) is 7.65. The van der Waals surface area contributed by atoms with E-state index in [1.807, 2.05) is 30.3 Å². The first-order valence-electron chi connectivity index (χ1n) is 11.3. The summed E-state index contributed by atoms with van der Waals surface area (Å²) in [6.07, 6.45) is 3.20. The largest absolute Gasteiger partial charge is 0.484 e. The van der Waals surface area contributed by atoms with Gasteiger partial charge in [0.15, 0.2) is 6.61 Å². The number of nitrogens with one attached hydrogen (secondary N) is 1. The summed E-state index contributed by atoms with van der Waals surface area (Å²) in [5.41, 5.74) is 2.70. The summed E-state index contributed by atoms with van der Waals surface area (Å²) < 4.78 is 15.7. The third-order valence-corrected chi connectivity index (χ3v) is 5.69. The number of hydrogen-bond acceptors (Lipinski definition) is 6. The van der Waals surface area contributed by atoms with Gasteiger partial charge in [0.25, 0.3) is 11.8 Å². The van der Waals surface area contributed by atoms with Crippen LogP contribution in [0.2, 0.25) is 0 Å². The quantitative estimate of drug-likeness (QED) is 0.365. The van der Waals surface area contributed by atoms with Gasteiger partial charge in [0.05, 0.1) is 37.6 Å². The van der Waals surface area contributed by atoms with E-state index in [0.717, 1.165) is 5.56 Å². The number of hydrogen-bond donors (Lipinski definition) is 1. The number of allylic oxidation sites excluding steroid dienone is 1. The molecule has 0 radical (unpaired) electrons. The number of carbonyl (C=O) groups excluding carboxylic acids is 3. The van der Waals surface area contributed by atoms with Crippen molar-refractivity contribution in [1.82, 2.24) is 10.2 Å². The molecule has 1 aliphatic heterocycles. The SMILES string of the molecule is COC(=O)C1=C(C)N(Cc2ccccc2)C(=O)/C1=C\c1ccc(OCC(=O)NCc2ccco2)cc1. The third-order valence-electron chi connectivity index (χ3n) is 5.69. The lowest BCUT2D eigenvalue weighted by Crippen LogP contribution is -2.28. The number of rotatable bonds is 9. The van der Waals surface area contributed by atoms with Crippen LogP contribution in [-0.4, -0.2) is 36.4 Å². The first-order valence-corrected chi connectivity index (χ1v) is 11.3. The van der Waals surface area contributed by atoms with Crippen molar-refractivity contribution < 1.29 is 28.3 Å². The van der Waals surface area contributed by atoms with E-state index in [9.17, 15) is 14.4 Å². The second-order valence-corrected chi connectivity index (χ2v) is 8.10. The zero-order valence-corrected chi connectivity index (χ0v) is 20.0. The first kappa shape index (κ1) is 24.5. The van der Waals surface area contributed by atoms with E-state index in [4.69, 9.17) is 13.9 Å². The molecule has 0 saturated carbocycles. The molecule has 8 heteroatoms. The van der Waals surface area contributed by atoms with Gasteiger partial charge in [0.1, 0.15) is 11.5 Å². The van der Waals surface area contributed by atoms with Crippen LogP contribution in [0.3, 0.4) is 0 Å². The standard InChI is InChI=1S/C28H26N2O6/c1-19-26(28(33)34-2)24(27(32)30(19)17-21-7-4-3-5-8-21)15-20-10-12-22(13-11-20)36-18-25(31)29-16-23-9-6-14-35-23/h3-15H,16-18H2,1-2H3,(H,29,31)/b24-15-. The minimum atomic E-state index is -0.567. The molecule has 4 rings (SSSR count). The van der Waals surface area contributed by atoms with Crippen LogP contribution >= 0.6 is 0 Å². The van der Waals surface area contributed by atoms with E-state index in [1.165, 1.54) is 7.11 Å². The minimum absolute atomic E-state index is 0.150. The van der Waals surface area contributed by atoms with Gasteiger partial charge in [-0.15, -0.1) is 0 Å². The number of ether oxygens (including phenoxy) is 2.